The number of carboxylic acids is 1. The van der Waals surface area contributed by atoms with Crippen LogP contribution in [0.1, 0.15) is 61.8 Å². The van der Waals surface area contributed by atoms with Crippen molar-refractivity contribution < 1.29 is 19.5 Å². The molecule has 0 unspecified atom stereocenters. The monoisotopic (exact) mass is 496 g/mol. The van der Waals surface area contributed by atoms with E-state index in [0.29, 0.717) is 33.6 Å². The maximum absolute atomic E-state index is 13.1. The van der Waals surface area contributed by atoms with E-state index in [0.717, 1.165) is 16.3 Å². The number of hydrogen-bond donors (Lipinski definition) is 4. The molecule has 8 heteroatoms. The average Bonchev–Trinajstić information content (AvgIpc) is 3.26. The van der Waals surface area contributed by atoms with Crippen molar-refractivity contribution in [2.45, 2.75) is 33.7 Å². The van der Waals surface area contributed by atoms with Gasteiger partial charge in [0, 0.05) is 16.8 Å². The molecule has 0 spiro atoms. The molecule has 0 aliphatic carbocycles. The van der Waals surface area contributed by atoms with Crippen LogP contribution in [0.25, 0.3) is 16.8 Å². The summed E-state index contributed by atoms with van der Waals surface area (Å²) in [6, 6.07) is 17.0. The van der Waals surface area contributed by atoms with Gasteiger partial charge >= 0.3 is 5.97 Å². The maximum atomic E-state index is 13.1. The first-order valence-corrected chi connectivity index (χ1v) is 11.8. The van der Waals surface area contributed by atoms with Crippen LogP contribution >= 0.6 is 0 Å². The van der Waals surface area contributed by atoms with Gasteiger partial charge in [0.1, 0.15) is 5.70 Å². The first-order chi connectivity index (χ1) is 17.7. The minimum absolute atomic E-state index is 0.240. The third kappa shape index (κ3) is 5.43. The summed E-state index contributed by atoms with van der Waals surface area (Å²) >= 11 is 0. The lowest BCUT2D eigenvalue weighted by molar-refractivity contribution is -0.132. The number of nitrogens with zero attached hydrogens (tertiary/aromatic N) is 1. The van der Waals surface area contributed by atoms with Crippen LogP contribution in [0, 0.1) is 20.8 Å². The molecule has 1 heterocycles. The third-order valence-electron chi connectivity index (χ3n) is 6.29. The summed E-state index contributed by atoms with van der Waals surface area (Å²) in [6.45, 7) is 7.12. The molecule has 0 radical (unpaired) electrons. The Bertz CT molecular complexity index is 1520. The van der Waals surface area contributed by atoms with Crippen LogP contribution in [0.4, 0.5) is 0 Å². The van der Waals surface area contributed by atoms with Crippen molar-refractivity contribution in [3.8, 4) is 0 Å². The molecule has 37 heavy (non-hydrogen) atoms. The van der Waals surface area contributed by atoms with Gasteiger partial charge in [-0.25, -0.2) is 9.78 Å². The second-order valence-corrected chi connectivity index (χ2v) is 8.98. The van der Waals surface area contributed by atoms with Gasteiger partial charge in [0.05, 0.1) is 18.1 Å². The topological polar surface area (TPSA) is 124 Å². The van der Waals surface area contributed by atoms with Crippen LogP contribution in [0.2, 0.25) is 0 Å². The Morgan fingerprint density at radius 3 is 2.30 bits per heavy atom. The van der Waals surface area contributed by atoms with Crippen LogP contribution in [0.3, 0.4) is 0 Å². The van der Waals surface area contributed by atoms with E-state index in [4.69, 9.17) is 0 Å². The highest BCUT2D eigenvalue weighted by Crippen LogP contribution is 2.25. The lowest BCUT2D eigenvalue weighted by Crippen LogP contribution is -2.29. The zero-order chi connectivity index (χ0) is 26.7. The Morgan fingerprint density at radius 1 is 0.973 bits per heavy atom. The number of H-pyrrole nitrogens is 1. The van der Waals surface area contributed by atoms with Crippen LogP contribution in [-0.2, 0) is 4.79 Å². The molecular weight excluding hydrogens is 468 g/mol. The molecule has 0 bridgehead atoms. The third-order valence-corrected chi connectivity index (χ3v) is 6.29. The molecule has 3 aromatic carbocycles. The highest BCUT2D eigenvalue weighted by Gasteiger charge is 2.21. The first-order valence-electron chi connectivity index (χ1n) is 11.8. The van der Waals surface area contributed by atoms with E-state index in [-0.39, 0.29) is 17.6 Å². The summed E-state index contributed by atoms with van der Waals surface area (Å²) in [6.07, 6.45) is 2.74. The summed E-state index contributed by atoms with van der Waals surface area (Å²) in [5.41, 5.74) is 3.64. The standard InChI is InChI=1S/C29H28N4O4/c1-16-12-21(27(34)32-18(3)22-11-7-9-20-8-5-6-10-23(20)22)13-17(2)26(16)28(35)33-25(29(36)37)14-24-19(4)30-15-31-24/h5-15,18H,1-4H3,(H,30,31)(H,32,34)(H,33,35)(H,36,37)/t18-/m1/s1. The Morgan fingerprint density at radius 2 is 1.65 bits per heavy atom. The van der Waals surface area contributed by atoms with Gasteiger partial charge < -0.3 is 20.7 Å². The second kappa shape index (κ2) is 10.5. The fourth-order valence-corrected chi connectivity index (χ4v) is 4.43. The van der Waals surface area contributed by atoms with Crippen molar-refractivity contribution in [3.05, 3.63) is 106 Å². The summed E-state index contributed by atoms with van der Waals surface area (Å²) < 4.78 is 0. The van der Waals surface area contributed by atoms with Crippen molar-refractivity contribution in [3.63, 3.8) is 0 Å². The fraction of sp³-hybridized carbons (Fsp3) is 0.172. The SMILES string of the molecule is Cc1cc(C(=O)N[C@H](C)c2cccc3ccccc23)cc(C)c1C(=O)NC(=Cc1nc[nH]c1C)C(=O)O. The molecule has 8 nitrogen and oxygen atoms in total. The quantitative estimate of drug-likeness (QED) is 0.273. The summed E-state index contributed by atoms with van der Waals surface area (Å²) in [5.74, 6) is -2.13. The molecule has 0 saturated heterocycles. The number of hydrogen-bond acceptors (Lipinski definition) is 4. The highest BCUT2D eigenvalue weighted by molar-refractivity contribution is 6.05. The minimum Gasteiger partial charge on any atom is -0.477 e. The van der Waals surface area contributed by atoms with Gasteiger partial charge in [-0.15, -0.1) is 0 Å². The molecule has 4 rings (SSSR count). The molecule has 0 aliphatic heterocycles. The number of aromatic nitrogens is 2. The van der Waals surface area contributed by atoms with Gasteiger partial charge in [-0.1, -0.05) is 42.5 Å². The Hall–Kier alpha value is -4.72. The first kappa shape index (κ1) is 25.4. The molecular formula is C29H28N4O4. The van der Waals surface area contributed by atoms with E-state index in [9.17, 15) is 19.5 Å². The van der Waals surface area contributed by atoms with E-state index in [1.165, 1.54) is 12.4 Å². The van der Waals surface area contributed by atoms with Gasteiger partial charge in [0.25, 0.3) is 11.8 Å². The second-order valence-electron chi connectivity index (χ2n) is 8.98. The number of rotatable bonds is 7. The molecule has 0 saturated carbocycles. The Kier molecular flexibility index (Phi) is 7.20. The van der Waals surface area contributed by atoms with Crippen LogP contribution in [0.5, 0.6) is 0 Å². The van der Waals surface area contributed by atoms with Crippen molar-refractivity contribution in [1.29, 1.82) is 0 Å². The van der Waals surface area contributed by atoms with Gasteiger partial charge in [-0.05, 0) is 73.4 Å². The normalized spacial score (nSPS) is 12.3. The van der Waals surface area contributed by atoms with Crippen LogP contribution in [0.15, 0.2) is 66.6 Å². The van der Waals surface area contributed by atoms with E-state index < -0.39 is 11.9 Å². The number of benzene rings is 3. The van der Waals surface area contributed by atoms with E-state index >= 15 is 0 Å². The van der Waals surface area contributed by atoms with Gasteiger partial charge in [0.15, 0.2) is 0 Å². The average molecular weight is 497 g/mol. The largest absolute Gasteiger partial charge is 0.477 e. The van der Waals surface area contributed by atoms with Crippen LogP contribution in [-0.4, -0.2) is 32.9 Å². The zero-order valence-corrected chi connectivity index (χ0v) is 21.0. The number of aromatic amines is 1. The number of aliphatic carboxylic acids is 1. The molecule has 1 aromatic heterocycles. The number of nitrogens with one attached hydrogen (secondary N) is 3. The van der Waals surface area contributed by atoms with E-state index in [1.54, 1.807) is 32.9 Å². The van der Waals surface area contributed by atoms with Gasteiger partial charge in [-0.2, -0.15) is 0 Å². The molecule has 188 valence electrons. The smallest absolute Gasteiger partial charge is 0.352 e. The molecule has 4 aromatic rings. The predicted octanol–water partition coefficient (Wildman–Crippen LogP) is 4.83. The zero-order valence-electron chi connectivity index (χ0n) is 21.0. The molecule has 2 amide bonds. The maximum Gasteiger partial charge on any atom is 0.352 e. The number of carbonyl (C=O) groups excluding carboxylic acids is 2. The lowest BCUT2D eigenvalue weighted by atomic mass is 9.97. The highest BCUT2D eigenvalue weighted by atomic mass is 16.4. The van der Waals surface area contributed by atoms with Crippen LogP contribution < -0.4 is 10.6 Å². The number of carboxylic acid groups (broad SMARTS) is 1. The number of imidazole rings is 1. The lowest BCUT2D eigenvalue weighted by Gasteiger charge is -2.18. The van der Waals surface area contributed by atoms with Crippen molar-refractivity contribution in [2.75, 3.05) is 0 Å². The molecule has 0 fully saturated rings. The van der Waals surface area contributed by atoms with Gasteiger partial charge in [0.2, 0.25) is 0 Å². The summed E-state index contributed by atoms with van der Waals surface area (Å²) in [7, 11) is 0. The van der Waals surface area contributed by atoms with Crippen molar-refractivity contribution in [2.24, 2.45) is 0 Å². The molecule has 1 atom stereocenters. The number of amides is 2. The van der Waals surface area contributed by atoms with E-state index in [2.05, 4.69) is 20.6 Å². The fourth-order valence-electron chi connectivity index (χ4n) is 4.43. The van der Waals surface area contributed by atoms with Crippen molar-refractivity contribution in [1.82, 2.24) is 20.6 Å². The number of fused-ring (bicyclic) bond motifs is 1. The molecule has 0 aliphatic rings. The summed E-state index contributed by atoms with van der Waals surface area (Å²) in [5, 5.41) is 17.3. The Labute approximate surface area is 214 Å². The number of aryl methyl sites for hydroxylation is 3. The van der Waals surface area contributed by atoms with E-state index in [1.807, 2.05) is 49.4 Å². The Balaban J connectivity index is 1.55. The van der Waals surface area contributed by atoms with Gasteiger partial charge in [-0.3, -0.25) is 9.59 Å². The summed E-state index contributed by atoms with van der Waals surface area (Å²) in [4.78, 5) is 44.8. The molecule has 4 N–H and O–H groups in total. The minimum atomic E-state index is -1.29. The predicted molar refractivity (Wildman–Crippen MR) is 142 cm³/mol. The number of carbonyl (C=O) groups is 3. The van der Waals surface area contributed by atoms with Crippen molar-refractivity contribution >= 4 is 34.6 Å².